The lowest BCUT2D eigenvalue weighted by Crippen LogP contribution is -2.60. The molecule has 0 aromatic heterocycles. The zero-order valence-corrected chi connectivity index (χ0v) is 14.8. The Labute approximate surface area is 153 Å². The average molecular weight is 355 g/mol. The van der Waals surface area contributed by atoms with Crippen molar-refractivity contribution in [1.82, 2.24) is 0 Å². The second-order valence-corrected chi connectivity index (χ2v) is 7.37. The molecule has 0 radical (unpaired) electrons. The van der Waals surface area contributed by atoms with Crippen molar-refractivity contribution in [3.05, 3.63) is 66.0 Å². The number of benzene rings is 2. The summed E-state index contributed by atoms with van der Waals surface area (Å²) in [5.74, 6) is 0.480. The summed E-state index contributed by atoms with van der Waals surface area (Å²) < 4.78 is 13.8. The highest BCUT2D eigenvalue weighted by atomic mass is 19.1. The molecule has 5 rings (SSSR count). The van der Waals surface area contributed by atoms with Gasteiger partial charge in [-0.05, 0) is 35.7 Å². The van der Waals surface area contributed by atoms with Crippen LogP contribution in [0.2, 0.25) is 0 Å². The number of hydrogen-bond donors (Lipinski definition) is 0. The lowest BCUT2D eigenvalue weighted by atomic mass is 9.88. The summed E-state index contributed by atoms with van der Waals surface area (Å²) in [6.07, 6.45) is 3.02. The number of anilines is 1. The number of carbonyl (C=O) groups excluding carboxylic acids is 1. The number of piperidine rings is 3. The lowest BCUT2D eigenvalue weighted by Gasteiger charge is -2.45. The summed E-state index contributed by atoms with van der Waals surface area (Å²) in [7, 11) is 0. The molecule has 0 spiro atoms. The van der Waals surface area contributed by atoms with Gasteiger partial charge in [-0.25, -0.2) is 9.18 Å². The molecule has 26 heavy (non-hydrogen) atoms. The summed E-state index contributed by atoms with van der Waals surface area (Å²) in [6, 6.07) is 15.8. The molecule has 5 heteroatoms. The normalized spacial score (nSPS) is 24.3. The third kappa shape index (κ3) is 3.58. The number of carbonyl (C=O) groups is 1. The maximum absolute atomic E-state index is 13.3. The van der Waals surface area contributed by atoms with Crippen molar-refractivity contribution < 1.29 is 18.7 Å². The SMILES string of the molecule is O=C(O[N+]12CCC(CC1)CC2)N(Cc1ccccc1)c1ccc(F)cc1. The molecule has 4 nitrogen and oxygen atoms in total. The van der Waals surface area contributed by atoms with E-state index in [9.17, 15) is 9.18 Å². The van der Waals surface area contributed by atoms with Crippen molar-refractivity contribution in [2.24, 2.45) is 5.92 Å². The fraction of sp³-hybridized carbons (Fsp3) is 0.381. The van der Waals surface area contributed by atoms with Crippen LogP contribution >= 0.6 is 0 Å². The summed E-state index contributed by atoms with van der Waals surface area (Å²) in [4.78, 5) is 20.7. The smallest absolute Gasteiger partial charge is 0.269 e. The molecule has 0 unspecified atom stereocenters. The van der Waals surface area contributed by atoms with Crippen LogP contribution in [0.25, 0.3) is 0 Å². The van der Waals surface area contributed by atoms with Gasteiger partial charge in [0.1, 0.15) is 25.5 Å². The Morgan fingerprint density at radius 1 is 1.00 bits per heavy atom. The Kier molecular flexibility index (Phi) is 4.64. The number of nitrogens with zero attached hydrogens (tertiary/aromatic N) is 2. The quantitative estimate of drug-likeness (QED) is 0.755. The number of hydrogen-bond acceptors (Lipinski definition) is 2. The van der Waals surface area contributed by atoms with Gasteiger partial charge in [0.05, 0.1) is 6.54 Å². The molecule has 0 N–H and O–H groups in total. The monoisotopic (exact) mass is 355 g/mol. The van der Waals surface area contributed by atoms with Gasteiger partial charge in [-0.1, -0.05) is 30.3 Å². The molecular weight excluding hydrogens is 331 g/mol. The van der Waals surface area contributed by atoms with E-state index in [4.69, 9.17) is 4.84 Å². The molecule has 2 aromatic rings. The molecule has 2 bridgehead atoms. The van der Waals surface area contributed by atoms with Crippen LogP contribution < -0.4 is 4.90 Å². The van der Waals surface area contributed by atoms with Crippen LogP contribution in [0.3, 0.4) is 0 Å². The number of quaternary nitrogens is 1. The Morgan fingerprint density at radius 2 is 1.62 bits per heavy atom. The first-order valence-corrected chi connectivity index (χ1v) is 9.30. The third-order valence-electron chi connectivity index (χ3n) is 5.65. The van der Waals surface area contributed by atoms with Crippen LogP contribution in [0, 0.1) is 11.7 Å². The summed E-state index contributed by atoms with van der Waals surface area (Å²) >= 11 is 0. The molecule has 0 saturated carbocycles. The number of fused-ring (bicyclic) bond motifs is 3. The molecule has 3 saturated heterocycles. The zero-order chi connectivity index (χ0) is 18.0. The van der Waals surface area contributed by atoms with Crippen molar-refractivity contribution in [3.8, 4) is 0 Å². The fourth-order valence-corrected chi connectivity index (χ4v) is 4.02. The number of hydroxylamine groups is 3. The van der Waals surface area contributed by atoms with Crippen LogP contribution in [-0.2, 0) is 11.4 Å². The van der Waals surface area contributed by atoms with Crippen molar-refractivity contribution in [2.75, 3.05) is 24.5 Å². The molecule has 3 aliphatic rings. The van der Waals surface area contributed by atoms with Crippen LogP contribution in [0.1, 0.15) is 24.8 Å². The van der Waals surface area contributed by atoms with Crippen molar-refractivity contribution in [2.45, 2.75) is 25.8 Å². The highest BCUT2D eigenvalue weighted by Gasteiger charge is 2.44. The first-order chi connectivity index (χ1) is 12.6. The second-order valence-electron chi connectivity index (χ2n) is 7.37. The third-order valence-corrected chi connectivity index (χ3v) is 5.65. The molecule has 3 fully saturated rings. The maximum atomic E-state index is 13.3. The minimum Gasteiger partial charge on any atom is -0.269 e. The van der Waals surface area contributed by atoms with Gasteiger partial charge >= 0.3 is 6.09 Å². The summed E-state index contributed by atoms with van der Waals surface area (Å²) in [5, 5.41) is 0. The standard InChI is InChI=1S/C21H24FN2O2/c22-19-6-8-20(9-7-19)23(16-18-4-2-1-3-5-18)21(25)26-24-13-10-17(11-14-24)12-15-24/h1-9,17H,10-16H2/q+1. The predicted molar refractivity (Wildman–Crippen MR) is 97.7 cm³/mol. The van der Waals surface area contributed by atoms with E-state index in [0.717, 1.165) is 50.4 Å². The number of rotatable bonds is 4. The second kappa shape index (κ2) is 7.08. The van der Waals surface area contributed by atoms with Gasteiger partial charge in [-0.3, -0.25) is 9.74 Å². The molecule has 1 amide bonds. The van der Waals surface area contributed by atoms with E-state index < -0.39 is 0 Å². The zero-order valence-electron chi connectivity index (χ0n) is 14.8. The molecule has 136 valence electrons. The van der Waals surface area contributed by atoms with Crippen LogP contribution in [-0.4, -0.2) is 30.4 Å². The average Bonchev–Trinajstić information content (AvgIpc) is 2.69. The van der Waals surface area contributed by atoms with Crippen LogP contribution in [0.15, 0.2) is 54.6 Å². The van der Waals surface area contributed by atoms with E-state index in [1.54, 1.807) is 17.0 Å². The lowest BCUT2D eigenvalue weighted by molar-refractivity contribution is -1.10. The van der Waals surface area contributed by atoms with Crippen LogP contribution in [0.4, 0.5) is 14.9 Å². The Balaban J connectivity index is 1.57. The number of halogens is 1. The molecule has 0 atom stereocenters. The van der Waals surface area contributed by atoms with Gasteiger partial charge in [0.25, 0.3) is 0 Å². The van der Waals surface area contributed by atoms with E-state index in [-0.39, 0.29) is 11.9 Å². The number of amides is 1. The molecular formula is C21H24FN2O2+. The van der Waals surface area contributed by atoms with Gasteiger partial charge in [0.2, 0.25) is 0 Å². The van der Waals surface area contributed by atoms with Gasteiger partial charge in [0.15, 0.2) is 0 Å². The first-order valence-electron chi connectivity index (χ1n) is 9.30. The first kappa shape index (κ1) is 17.0. The van der Waals surface area contributed by atoms with E-state index in [1.807, 2.05) is 30.3 Å². The van der Waals surface area contributed by atoms with Crippen molar-refractivity contribution in [1.29, 1.82) is 0 Å². The Morgan fingerprint density at radius 3 is 2.23 bits per heavy atom. The van der Waals surface area contributed by atoms with Crippen molar-refractivity contribution >= 4 is 11.8 Å². The van der Waals surface area contributed by atoms with Gasteiger partial charge < -0.3 is 0 Å². The fourth-order valence-electron chi connectivity index (χ4n) is 4.02. The van der Waals surface area contributed by atoms with E-state index in [0.29, 0.717) is 16.9 Å². The molecule has 3 heterocycles. The predicted octanol–water partition coefficient (Wildman–Crippen LogP) is 4.51. The van der Waals surface area contributed by atoms with E-state index in [1.165, 1.54) is 12.1 Å². The van der Waals surface area contributed by atoms with Gasteiger partial charge in [-0.15, -0.1) is 4.65 Å². The summed E-state index contributed by atoms with van der Waals surface area (Å²) in [5.41, 5.74) is 1.65. The molecule has 3 aliphatic heterocycles. The largest absolute Gasteiger partial charge is 0.469 e. The molecule has 0 aliphatic carbocycles. The van der Waals surface area contributed by atoms with Gasteiger partial charge in [0, 0.05) is 24.9 Å². The van der Waals surface area contributed by atoms with E-state index >= 15 is 0 Å². The van der Waals surface area contributed by atoms with Crippen molar-refractivity contribution in [3.63, 3.8) is 0 Å². The summed E-state index contributed by atoms with van der Waals surface area (Å²) in [6.45, 7) is 3.10. The minimum atomic E-state index is -0.360. The molecule has 2 aromatic carbocycles. The topological polar surface area (TPSA) is 29.5 Å². The highest BCUT2D eigenvalue weighted by molar-refractivity contribution is 5.87. The Bertz CT molecular complexity index is 742. The van der Waals surface area contributed by atoms with E-state index in [2.05, 4.69) is 0 Å². The minimum absolute atomic E-state index is 0.318. The highest BCUT2D eigenvalue weighted by Crippen LogP contribution is 2.34. The van der Waals surface area contributed by atoms with Gasteiger partial charge in [-0.2, -0.15) is 0 Å². The maximum Gasteiger partial charge on any atom is 0.469 e. The Hall–Kier alpha value is -2.40. The van der Waals surface area contributed by atoms with Crippen LogP contribution in [0.5, 0.6) is 0 Å².